The Morgan fingerprint density at radius 3 is 2.42 bits per heavy atom. The summed E-state index contributed by atoms with van der Waals surface area (Å²) in [6.07, 6.45) is 3.15. The Bertz CT molecular complexity index is 1970. The molecule has 0 saturated carbocycles. The molecule has 0 spiro atoms. The molecule has 13 heteroatoms. The fraction of sp³-hybridized carbons (Fsp3) is 0.219. The van der Waals surface area contributed by atoms with Gasteiger partial charge in [-0.1, -0.05) is 58.3 Å². The summed E-state index contributed by atoms with van der Waals surface area (Å²) in [6.45, 7) is 4.82. The van der Waals surface area contributed by atoms with Crippen LogP contribution in [0.1, 0.15) is 36.6 Å². The Hall–Kier alpha value is -3.28. The van der Waals surface area contributed by atoms with Crippen LogP contribution >= 0.6 is 62.1 Å². The average molecular weight is 753 g/mol. The highest BCUT2D eigenvalue weighted by Gasteiger charge is 2.31. The average Bonchev–Trinajstić information content (AvgIpc) is 3.33. The maximum absolute atomic E-state index is 13.9. The molecule has 1 aromatic heterocycles. The van der Waals surface area contributed by atoms with E-state index in [2.05, 4.69) is 20.9 Å². The number of benzene rings is 3. The number of ether oxygens (including phenoxy) is 4. The molecule has 1 atom stereocenters. The van der Waals surface area contributed by atoms with Gasteiger partial charge in [0.2, 0.25) is 0 Å². The fourth-order valence-electron chi connectivity index (χ4n) is 4.72. The number of fused-ring (bicyclic) bond motifs is 1. The van der Waals surface area contributed by atoms with Crippen LogP contribution in [0.2, 0.25) is 15.1 Å². The number of carbonyl (C=O) groups is 1. The first-order valence-corrected chi connectivity index (χ1v) is 16.4. The fourth-order valence-corrected chi connectivity index (χ4v) is 7.00. The van der Waals surface area contributed by atoms with E-state index < -0.39 is 12.0 Å². The number of esters is 1. The molecule has 4 aromatic rings. The lowest BCUT2D eigenvalue weighted by Gasteiger charge is -2.23. The lowest BCUT2D eigenvalue weighted by molar-refractivity contribution is -0.136. The molecule has 234 valence electrons. The summed E-state index contributed by atoms with van der Waals surface area (Å²) in [5.74, 6) is 0.897. The Morgan fingerprint density at radius 1 is 0.978 bits per heavy atom. The van der Waals surface area contributed by atoms with Crippen molar-refractivity contribution in [3.8, 4) is 17.2 Å². The minimum atomic E-state index is -0.807. The molecule has 5 rings (SSSR count). The van der Waals surface area contributed by atoms with Gasteiger partial charge in [-0.15, -0.1) is 0 Å². The maximum atomic E-state index is 13.9. The molecule has 2 heterocycles. The van der Waals surface area contributed by atoms with Crippen molar-refractivity contribution in [2.75, 3.05) is 20.3 Å². The number of methoxy groups -OCH3 is 1. The second-order valence-electron chi connectivity index (χ2n) is 9.60. The van der Waals surface area contributed by atoms with Gasteiger partial charge < -0.3 is 18.9 Å². The normalized spacial score (nSPS) is 14.3. The maximum Gasteiger partial charge on any atom is 0.337 e. The molecular weight excluding hydrogens is 727 g/mol. The van der Waals surface area contributed by atoms with Gasteiger partial charge in [-0.05, 0) is 88.9 Å². The topological polar surface area (TPSA) is 88.4 Å². The minimum Gasteiger partial charge on any atom is -0.490 e. The van der Waals surface area contributed by atoms with Crippen LogP contribution in [0.4, 0.5) is 0 Å². The molecule has 3 aromatic carbocycles. The number of hydrogen-bond acceptors (Lipinski definition) is 8. The van der Waals surface area contributed by atoms with Crippen LogP contribution in [0.15, 0.2) is 74.6 Å². The number of thiazole rings is 1. The Balaban J connectivity index is 1.53. The third kappa shape index (κ3) is 7.10. The van der Waals surface area contributed by atoms with Gasteiger partial charge in [0.25, 0.3) is 5.56 Å². The van der Waals surface area contributed by atoms with E-state index in [9.17, 15) is 9.59 Å². The third-order valence-electron chi connectivity index (χ3n) is 6.69. The van der Waals surface area contributed by atoms with Crippen LogP contribution in [0, 0.1) is 0 Å². The number of rotatable bonds is 10. The number of halogens is 4. The van der Waals surface area contributed by atoms with Crippen molar-refractivity contribution in [3.63, 3.8) is 0 Å². The molecular formula is C32H26BrCl3N2O6S. The quantitative estimate of drug-likeness (QED) is 0.161. The first-order valence-electron chi connectivity index (χ1n) is 13.7. The van der Waals surface area contributed by atoms with E-state index in [0.717, 1.165) is 5.56 Å². The molecule has 0 amide bonds. The zero-order chi connectivity index (χ0) is 32.2. The highest BCUT2D eigenvalue weighted by Crippen LogP contribution is 2.37. The van der Waals surface area contributed by atoms with E-state index in [-0.39, 0.29) is 17.7 Å². The smallest absolute Gasteiger partial charge is 0.337 e. The van der Waals surface area contributed by atoms with Crippen LogP contribution in [0.5, 0.6) is 17.2 Å². The van der Waals surface area contributed by atoms with Crippen LogP contribution < -0.4 is 29.1 Å². The Kier molecular flexibility index (Phi) is 10.6. The van der Waals surface area contributed by atoms with E-state index in [1.807, 2.05) is 19.9 Å². The summed E-state index contributed by atoms with van der Waals surface area (Å²) in [5.41, 5.74) is 1.98. The van der Waals surface area contributed by atoms with E-state index in [1.54, 1.807) is 48.5 Å². The van der Waals surface area contributed by atoms with Crippen molar-refractivity contribution in [2.24, 2.45) is 4.99 Å². The monoisotopic (exact) mass is 750 g/mol. The third-order valence-corrected chi connectivity index (χ3v) is 9.30. The number of hydrogen-bond donors (Lipinski definition) is 0. The van der Waals surface area contributed by atoms with Crippen molar-refractivity contribution >= 4 is 74.1 Å². The summed E-state index contributed by atoms with van der Waals surface area (Å²) in [7, 11) is 1.29. The van der Waals surface area contributed by atoms with E-state index in [1.165, 1.54) is 29.2 Å². The molecule has 0 radical (unpaired) electrons. The van der Waals surface area contributed by atoms with Crippen molar-refractivity contribution in [1.29, 1.82) is 0 Å². The second kappa shape index (κ2) is 14.4. The van der Waals surface area contributed by atoms with Gasteiger partial charge in [0, 0.05) is 6.20 Å². The van der Waals surface area contributed by atoms with Crippen molar-refractivity contribution in [1.82, 2.24) is 4.57 Å². The molecule has 0 bridgehead atoms. The van der Waals surface area contributed by atoms with Gasteiger partial charge in [0.05, 0.1) is 56.0 Å². The summed E-state index contributed by atoms with van der Waals surface area (Å²) < 4.78 is 25.0. The molecule has 0 N–H and O–H groups in total. The van der Waals surface area contributed by atoms with Gasteiger partial charge in [-0.2, -0.15) is 0 Å². The summed E-state index contributed by atoms with van der Waals surface area (Å²) in [6, 6.07) is 13.3. The van der Waals surface area contributed by atoms with E-state index in [4.69, 9.17) is 53.8 Å². The molecule has 0 fully saturated rings. The molecule has 0 aliphatic carbocycles. The lowest BCUT2D eigenvalue weighted by atomic mass is 9.97. The summed E-state index contributed by atoms with van der Waals surface area (Å²) in [5, 5.41) is 1.22. The zero-order valence-corrected chi connectivity index (χ0v) is 28.9. The first kappa shape index (κ1) is 33.1. The van der Waals surface area contributed by atoms with E-state index >= 15 is 0 Å². The predicted octanol–water partition coefficient (Wildman–Crippen LogP) is 7.12. The predicted molar refractivity (Wildman–Crippen MR) is 180 cm³/mol. The van der Waals surface area contributed by atoms with Crippen molar-refractivity contribution in [2.45, 2.75) is 26.5 Å². The zero-order valence-electron chi connectivity index (χ0n) is 24.2. The van der Waals surface area contributed by atoms with Gasteiger partial charge >= 0.3 is 5.97 Å². The van der Waals surface area contributed by atoms with Gasteiger partial charge in [-0.25, -0.2) is 9.79 Å². The Labute approximate surface area is 286 Å². The SMILES string of the molecule is CCOc1ccc([C@@H]2C(C(=O)OC)=CN=c3s/c(=C\c4cc(Cl)c(OCc5ccc(Cl)c(Cl)c5)c(Br)c4)c(=O)n32)cc1OCC. The highest BCUT2D eigenvalue weighted by molar-refractivity contribution is 9.10. The van der Waals surface area contributed by atoms with Crippen molar-refractivity contribution < 1.29 is 23.7 Å². The lowest BCUT2D eigenvalue weighted by Crippen LogP contribution is -2.39. The summed E-state index contributed by atoms with van der Waals surface area (Å²) >= 11 is 23.5. The molecule has 1 aliphatic heterocycles. The van der Waals surface area contributed by atoms with Crippen LogP contribution in [-0.2, 0) is 16.1 Å². The minimum absolute atomic E-state index is 0.206. The Morgan fingerprint density at radius 2 is 1.73 bits per heavy atom. The van der Waals surface area contributed by atoms with Crippen LogP contribution in [-0.4, -0.2) is 30.9 Å². The molecule has 45 heavy (non-hydrogen) atoms. The number of nitrogens with zero attached hydrogens (tertiary/aromatic N) is 2. The largest absolute Gasteiger partial charge is 0.490 e. The van der Waals surface area contributed by atoms with Gasteiger partial charge in [0.1, 0.15) is 6.61 Å². The molecule has 0 unspecified atom stereocenters. The molecule has 1 aliphatic rings. The number of carbonyl (C=O) groups excluding carboxylic acids is 1. The van der Waals surface area contributed by atoms with Gasteiger partial charge in [-0.3, -0.25) is 9.36 Å². The molecule has 8 nitrogen and oxygen atoms in total. The number of aromatic nitrogens is 1. The van der Waals surface area contributed by atoms with Crippen LogP contribution in [0.3, 0.4) is 0 Å². The van der Waals surface area contributed by atoms with Crippen LogP contribution in [0.25, 0.3) is 6.08 Å². The highest BCUT2D eigenvalue weighted by atomic mass is 79.9. The van der Waals surface area contributed by atoms with E-state index in [0.29, 0.717) is 70.5 Å². The summed E-state index contributed by atoms with van der Waals surface area (Å²) in [4.78, 5) is 31.7. The van der Waals surface area contributed by atoms with Gasteiger partial charge in [0.15, 0.2) is 22.0 Å². The molecule has 0 saturated heterocycles. The first-order chi connectivity index (χ1) is 21.6. The standard InChI is InChI=1S/C32H26BrCl3N2O6S/c1-4-42-25-9-7-19(14-26(25)43-5-2)28-20(31(40)41-3)15-37-32-38(28)30(39)27(45-32)13-18-10-21(33)29(24(36)12-18)44-16-17-6-8-22(34)23(35)11-17/h6-15,28H,4-5,16H2,1-3H3/b27-13-/t28-/m1/s1. The van der Waals surface area contributed by atoms with Crippen molar-refractivity contribution in [3.05, 3.63) is 116 Å². The second-order valence-corrected chi connectivity index (χ2v) is 12.7.